The molecule has 0 unspecified atom stereocenters. The first-order chi connectivity index (χ1) is 18.1. The van der Waals surface area contributed by atoms with Crippen molar-refractivity contribution in [3.8, 4) is 5.75 Å². The van der Waals surface area contributed by atoms with Gasteiger partial charge in [-0.2, -0.15) is 13.2 Å². The van der Waals surface area contributed by atoms with Crippen molar-refractivity contribution < 1.29 is 36.7 Å². The van der Waals surface area contributed by atoms with Crippen LogP contribution in [0.3, 0.4) is 0 Å². The maximum atomic E-state index is 15.0. The van der Waals surface area contributed by atoms with E-state index in [2.05, 4.69) is 0 Å². The molecule has 4 rings (SSSR count). The average molecular weight is 547 g/mol. The van der Waals surface area contributed by atoms with Crippen molar-refractivity contribution in [3.63, 3.8) is 0 Å². The second kappa shape index (κ2) is 10.1. The largest absolute Gasteiger partial charge is 0.491 e. The number of benzene rings is 2. The third kappa shape index (κ3) is 5.42. The molecule has 0 saturated heterocycles. The highest BCUT2D eigenvalue weighted by molar-refractivity contribution is 6.14. The summed E-state index contributed by atoms with van der Waals surface area (Å²) in [5.74, 6) is -3.46. The molecule has 0 spiro atoms. The normalized spacial score (nSPS) is 20.9. The van der Waals surface area contributed by atoms with Gasteiger partial charge >= 0.3 is 6.18 Å². The summed E-state index contributed by atoms with van der Waals surface area (Å²) in [5.41, 5.74) is -4.51. The van der Waals surface area contributed by atoms with Crippen LogP contribution >= 0.6 is 0 Å². The number of hydrogen-bond acceptors (Lipinski definition) is 4. The first-order valence-electron chi connectivity index (χ1n) is 12.6. The van der Waals surface area contributed by atoms with Gasteiger partial charge in [-0.3, -0.25) is 14.4 Å². The maximum Gasteiger partial charge on any atom is 0.425 e. The third-order valence-corrected chi connectivity index (χ3v) is 6.87. The van der Waals surface area contributed by atoms with E-state index in [1.807, 2.05) is 5.32 Å². The summed E-state index contributed by atoms with van der Waals surface area (Å²) >= 11 is 0. The standard InChI is InChI=1S/C29H30F4N2O4/c1-17(2)39-21-11-7-19(8-12-21)25(37)34-28(29(31,32)33)24-22(15-27(3,4)16-23(24)36)35(26(28)38)14-13-18-5-9-20(30)10-6-18/h5-12,17H,13-16H2,1-4H3,(H,34,37)/t28-/m0/s1. The number of nitrogens with zero attached hydrogens (tertiary/aromatic N) is 1. The van der Waals surface area contributed by atoms with E-state index in [1.165, 1.54) is 48.5 Å². The number of carbonyl (C=O) groups is 3. The second-order valence-electron chi connectivity index (χ2n) is 11.0. The lowest BCUT2D eigenvalue weighted by Crippen LogP contribution is -2.66. The molecule has 1 atom stereocenters. The molecule has 1 aliphatic heterocycles. The predicted octanol–water partition coefficient (Wildman–Crippen LogP) is 5.37. The number of nitrogens with one attached hydrogen (secondary N) is 1. The Balaban J connectivity index is 1.74. The molecule has 10 heteroatoms. The smallest absolute Gasteiger partial charge is 0.425 e. The van der Waals surface area contributed by atoms with Crippen molar-refractivity contribution in [3.05, 3.63) is 76.7 Å². The molecule has 1 N–H and O–H groups in total. The van der Waals surface area contributed by atoms with Crippen LogP contribution in [0.4, 0.5) is 17.6 Å². The van der Waals surface area contributed by atoms with Crippen LogP contribution in [0, 0.1) is 11.2 Å². The number of ketones is 1. The van der Waals surface area contributed by atoms with Crippen LogP contribution < -0.4 is 10.1 Å². The molecule has 39 heavy (non-hydrogen) atoms. The van der Waals surface area contributed by atoms with E-state index in [1.54, 1.807) is 27.7 Å². The molecule has 0 bridgehead atoms. The summed E-state index contributed by atoms with van der Waals surface area (Å²) in [6, 6.07) is 10.9. The fourth-order valence-electron chi connectivity index (χ4n) is 5.15. The molecule has 208 valence electrons. The Kier molecular flexibility index (Phi) is 7.35. The first-order valence-corrected chi connectivity index (χ1v) is 12.6. The number of allylic oxidation sites excluding steroid dienone is 1. The third-order valence-electron chi connectivity index (χ3n) is 6.87. The van der Waals surface area contributed by atoms with Gasteiger partial charge in [0.2, 0.25) is 5.54 Å². The Morgan fingerprint density at radius 1 is 1.03 bits per heavy atom. The molecule has 2 aromatic rings. The van der Waals surface area contributed by atoms with Gasteiger partial charge in [-0.05, 0) is 74.1 Å². The summed E-state index contributed by atoms with van der Waals surface area (Å²) < 4.78 is 63.7. The lowest BCUT2D eigenvalue weighted by molar-refractivity contribution is -0.190. The van der Waals surface area contributed by atoms with E-state index >= 15 is 0 Å². The topological polar surface area (TPSA) is 75.7 Å². The Bertz CT molecular complexity index is 1310. The van der Waals surface area contributed by atoms with E-state index in [-0.39, 0.29) is 43.2 Å². The van der Waals surface area contributed by atoms with Crippen molar-refractivity contribution in [1.82, 2.24) is 10.2 Å². The number of amides is 2. The van der Waals surface area contributed by atoms with Gasteiger partial charge in [-0.25, -0.2) is 4.39 Å². The van der Waals surface area contributed by atoms with Gasteiger partial charge in [-0.1, -0.05) is 26.0 Å². The van der Waals surface area contributed by atoms with Crippen LogP contribution in [-0.4, -0.2) is 46.9 Å². The Morgan fingerprint density at radius 2 is 1.64 bits per heavy atom. The van der Waals surface area contributed by atoms with Gasteiger partial charge in [-0.15, -0.1) is 0 Å². The number of alkyl halides is 3. The number of ether oxygens (including phenoxy) is 1. The lowest BCUT2D eigenvalue weighted by Gasteiger charge is -2.35. The minimum atomic E-state index is -5.30. The summed E-state index contributed by atoms with van der Waals surface area (Å²) in [7, 11) is 0. The molecule has 0 aromatic heterocycles. The number of carbonyl (C=O) groups excluding carboxylic acids is 3. The van der Waals surface area contributed by atoms with Gasteiger partial charge < -0.3 is 15.0 Å². The maximum absolute atomic E-state index is 15.0. The summed E-state index contributed by atoms with van der Waals surface area (Å²) in [6.45, 7) is 6.90. The minimum Gasteiger partial charge on any atom is -0.491 e. The quantitative estimate of drug-likeness (QED) is 0.474. The van der Waals surface area contributed by atoms with Crippen molar-refractivity contribution in [2.24, 2.45) is 5.41 Å². The van der Waals surface area contributed by atoms with Crippen LogP contribution in [-0.2, 0) is 16.0 Å². The zero-order chi connectivity index (χ0) is 28.8. The molecule has 2 aliphatic rings. The predicted molar refractivity (Wildman–Crippen MR) is 135 cm³/mol. The first kappa shape index (κ1) is 28.3. The van der Waals surface area contributed by atoms with E-state index in [0.29, 0.717) is 11.3 Å². The van der Waals surface area contributed by atoms with Crippen LogP contribution in [0.5, 0.6) is 5.75 Å². The number of halogens is 4. The van der Waals surface area contributed by atoms with Crippen molar-refractivity contribution in [2.75, 3.05) is 6.54 Å². The van der Waals surface area contributed by atoms with Crippen molar-refractivity contribution in [2.45, 2.75) is 64.8 Å². The molecule has 0 fully saturated rings. The van der Waals surface area contributed by atoms with Crippen LogP contribution in [0.25, 0.3) is 0 Å². The van der Waals surface area contributed by atoms with Gasteiger partial charge in [0.1, 0.15) is 11.6 Å². The SMILES string of the molecule is CC(C)Oc1ccc(C(=O)N[C@]2(C(F)(F)F)C(=O)N(CCc3ccc(F)cc3)C3=C2C(=O)CC(C)(C)C3)cc1. The fraction of sp³-hybridized carbons (Fsp3) is 0.414. The molecule has 6 nitrogen and oxygen atoms in total. The summed E-state index contributed by atoms with van der Waals surface area (Å²) in [4.78, 5) is 41.1. The zero-order valence-electron chi connectivity index (χ0n) is 22.1. The highest BCUT2D eigenvalue weighted by Gasteiger charge is 2.71. The van der Waals surface area contributed by atoms with Crippen LogP contribution in [0.15, 0.2) is 59.8 Å². The average Bonchev–Trinajstić information content (AvgIpc) is 3.06. The summed E-state index contributed by atoms with van der Waals surface area (Å²) in [6.07, 6.45) is -5.50. The van der Waals surface area contributed by atoms with Gasteiger partial charge in [0.05, 0.1) is 11.7 Å². The molecular formula is C29H30F4N2O4. The Labute approximate surface area is 224 Å². The second-order valence-corrected chi connectivity index (χ2v) is 11.0. The van der Waals surface area contributed by atoms with E-state index in [4.69, 9.17) is 4.74 Å². The lowest BCUT2D eigenvalue weighted by atomic mass is 9.72. The summed E-state index contributed by atoms with van der Waals surface area (Å²) in [5, 5.41) is 1.93. The van der Waals surface area contributed by atoms with E-state index in [0.717, 1.165) is 4.90 Å². The molecule has 1 heterocycles. The molecule has 0 radical (unpaired) electrons. The van der Waals surface area contributed by atoms with Gasteiger partial charge in [0.25, 0.3) is 11.8 Å². The van der Waals surface area contributed by atoms with Crippen LogP contribution in [0.1, 0.15) is 56.5 Å². The highest BCUT2D eigenvalue weighted by atomic mass is 19.4. The van der Waals surface area contributed by atoms with Gasteiger partial charge in [0.15, 0.2) is 5.78 Å². The van der Waals surface area contributed by atoms with Crippen molar-refractivity contribution in [1.29, 1.82) is 0 Å². The zero-order valence-corrected chi connectivity index (χ0v) is 22.1. The molecule has 1 aliphatic carbocycles. The van der Waals surface area contributed by atoms with Crippen molar-refractivity contribution >= 4 is 17.6 Å². The molecule has 2 aromatic carbocycles. The highest BCUT2D eigenvalue weighted by Crippen LogP contribution is 2.51. The van der Waals surface area contributed by atoms with E-state index in [9.17, 15) is 31.9 Å². The Hall–Kier alpha value is -3.69. The van der Waals surface area contributed by atoms with Gasteiger partial charge in [0, 0.05) is 24.2 Å². The number of hydrogen-bond donors (Lipinski definition) is 1. The minimum absolute atomic E-state index is 0.0399. The fourth-order valence-corrected chi connectivity index (χ4v) is 5.15. The molecular weight excluding hydrogens is 516 g/mol. The van der Waals surface area contributed by atoms with Crippen LogP contribution in [0.2, 0.25) is 0 Å². The molecule has 0 saturated carbocycles. The number of rotatable bonds is 7. The monoisotopic (exact) mass is 546 g/mol. The van der Waals surface area contributed by atoms with E-state index < -0.39 is 46.1 Å². The molecule has 2 amide bonds. The Morgan fingerprint density at radius 3 is 2.21 bits per heavy atom. The number of Topliss-reactive ketones (excluding diaryl/α,β-unsaturated/α-hetero) is 1.